The summed E-state index contributed by atoms with van der Waals surface area (Å²) < 4.78 is 10.0. The third kappa shape index (κ3) is 2.45. The van der Waals surface area contributed by atoms with Gasteiger partial charge in [-0.05, 0) is 17.5 Å². The Labute approximate surface area is 106 Å². The first-order valence-corrected chi connectivity index (χ1v) is 5.89. The molecule has 0 atom stereocenters. The first-order chi connectivity index (χ1) is 8.61. The number of furan rings is 1. The van der Waals surface area contributed by atoms with E-state index in [9.17, 15) is 4.79 Å². The largest absolute Gasteiger partial charge is 0.465 e. The van der Waals surface area contributed by atoms with E-state index >= 15 is 0 Å². The standard InChI is InChI=1S/C15H16O3/c1-10(2)11-4-6-12(7-5-11)14-8-13(9-18-14)15(16)17-3/h4-10H,1-3H3. The molecule has 0 unspecified atom stereocenters. The fourth-order valence-electron chi connectivity index (χ4n) is 1.74. The number of rotatable bonds is 3. The fraction of sp³-hybridized carbons (Fsp3) is 0.267. The third-order valence-electron chi connectivity index (χ3n) is 2.88. The summed E-state index contributed by atoms with van der Waals surface area (Å²) in [6.07, 6.45) is 1.41. The van der Waals surface area contributed by atoms with Gasteiger partial charge in [-0.15, -0.1) is 0 Å². The molecular weight excluding hydrogens is 228 g/mol. The van der Waals surface area contributed by atoms with Crippen molar-refractivity contribution in [2.24, 2.45) is 0 Å². The van der Waals surface area contributed by atoms with Crippen molar-refractivity contribution in [2.75, 3.05) is 7.11 Å². The Morgan fingerprint density at radius 3 is 2.44 bits per heavy atom. The second-order valence-corrected chi connectivity index (χ2v) is 4.47. The molecule has 0 saturated heterocycles. The summed E-state index contributed by atoms with van der Waals surface area (Å²) in [7, 11) is 1.35. The summed E-state index contributed by atoms with van der Waals surface area (Å²) in [5.74, 6) is 0.788. The van der Waals surface area contributed by atoms with Crippen LogP contribution in [0.4, 0.5) is 0 Å². The minimum absolute atomic E-state index is 0.385. The molecule has 1 heterocycles. The van der Waals surface area contributed by atoms with Crippen molar-refractivity contribution >= 4 is 5.97 Å². The molecule has 0 spiro atoms. The number of hydrogen-bond donors (Lipinski definition) is 0. The molecule has 0 radical (unpaired) electrons. The maximum absolute atomic E-state index is 11.3. The average molecular weight is 244 g/mol. The molecule has 0 fully saturated rings. The molecule has 0 aliphatic rings. The number of carbonyl (C=O) groups is 1. The van der Waals surface area contributed by atoms with Gasteiger partial charge >= 0.3 is 5.97 Å². The van der Waals surface area contributed by atoms with Gasteiger partial charge in [0.2, 0.25) is 0 Å². The second-order valence-electron chi connectivity index (χ2n) is 4.47. The zero-order valence-corrected chi connectivity index (χ0v) is 10.8. The van der Waals surface area contributed by atoms with Crippen LogP contribution in [0.25, 0.3) is 11.3 Å². The molecule has 0 N–H and O–H groups in total. The quantitative estimate of drug-likeness (QED) is 0.770. The fourth-order valence-corrected chi connectivity index (χ4v) is 1.74. The molecule has 0 bridgehead atoms. The normalized spacial score (nSPS) is 10.7. The molecule has 94 valence electrons. The number of hydrogen-bond acceptors (Lipinski definition) is 3. The van der Waals surface area contributed by atoms with Gasteiger partial charge in [0, 0.05) is 5.56 Å². The van der Waals surface area contributed by atoms with E-state index in [0.29, 0.717) is 17.2 Å². The van der Waals surface area contributed by atoms with Gasteiger partial charge in [0.1, 0.15) is 12.0 Å². The predicted octanol–water partition coefficient (Wildman–Crippen LogP) is 3.86. The average Bonchev–Trinajstić information content (AvgIpc) is 2.87. The Balaban J connectivity index is 2.26. The van der Waals surface area contributed by atoms with E-state index < -0.39 is 0 Å². The van der Waals surface area contributed by atoms with Gasteiger partial charge in [-0.25, -0.2) is 4.79 Å². The lowest BCUT2D eigenvalue weighted by Crippen LogP contribution is -1.98. The van der Waals surface area contributed by atoms with E-state index in [2.05, 4.69) is 30.7 Å². The zero-order chi connectivity index (χ0) is 13.1. The highest BCUT2D eigenvalue weighted by Gasteiger charge is 2.11. The Hall–Kier alpha value is -2.03. The maximum atomic E-state index is 11.3. The van der Waals surface area contributed by atoms with Crippen molar-refractivity contribution in [3.8, 4) is 11.3 Å². The molecule has 1 aromatic carbocycles. The van der Waals surface area contributed by atoms with Gasteiger partial charge in [0.15, 0.2) is 0 Å². The maximum Gasteiger partial charge on any atom is 0.341 e. The predicted molar refractivity (Wildman–Crippen MR) is 69.6 cm³/mol. The molecule has 0 amide bonds. The van der Waals surface area contributed by atoms with Gasteiger partial charge in [0.25, 0.3) is 0 Å². The molecule has 3 nitrogen and oxygen atoms in total. The van der Waals surface area contributed by atoms with Gasteiger partial charge < -0.3 is 9.15 Å². The van der Waals surface area contributed by atoms with E-state index in [-0.39, 0.29) is 5.97 Å². The monoisotopic (exact) mass is 244 g/mol. The smallest absolute Gasteiger partial charge is 0.341 e. The van der Waals surface area contributed by atoms with Crippen LogP contribution in [0.15, 0.2) is 41.0 Å². The van der Waals surface area contributed by atoms with E-state index in [1.807, 2.05) is 12.1 Å². The van der Waals surface area contributed by atoms with Crippen molar-refractivity contribution in [2.45, 2.75) is 19.8 Å². The molecule has 0 aliphatic heterocycles. The van der Waals surface area contributed by atoms with Crippen molar-refractivity contribution in [1.29, 1.82) is 0 Å². The van der Waals surface area contributed by atoms with Crippen LogP contribution in [-0.2, 0) is 4.74 Å². The number of ether oxygens (including phenoxy) is 1. The van der Waals surface area contributed by atoms with Crippen molar-refractivity contribution in [1.82, 2.24) is 0 Å². The van der Waals surface area contributed by atoms with Crippen LogP contribution < -0.4 is 0 Å². The first kappa shape index (κ1) is 12.4. The Kier molecular flexibility index (Phi) is 3.51. The molecule has 18 heavy (non-hydrogen) atoms. The number of methoxy groups -OCH3 is 1. The van der Waals surface area contributed by atoms with Gasteiger partial charge in [-0.3, -0.25) is 0 Å². The molecule has 2 rings (SSSR count). The highest BCUT2D eigenvalue weighted by Crippen LogP contribution is 2.24. The lowest BCUT2D eigenvalue weighted by molar-refractivity contribution is 0.0600. The summed E-state index contributed by atoms with van der Waals surface area (Å²) in [4.78, 5) is 11.3. The highest BCUT2D eigenvalue weighted by atomic mass is 16.5. The van der Waals surface area contributed by atoms with Crippen molar-refractivity contribution < 1.29 is 13.9 Å². The van der Waals surface area contributed by atoms with E-state index in [1.54, 1.807) is 6.07 Å². The SMILES string of the molecule is COC(=O)c1coc(-c2ccc(C(C)C)cc2)c1. The molecule has 1 aromatic heterocycles. The van der Waals surface area contributed by atoms with Gasteiger partial charge in [-0.1, -0.05) is 38.1 Å². The molecule has 3 heteroatoms. The lowest BCUT2D eigenvalue weighted by atomic mass is 10.0. The van der Waals surface area contributed by atoms with Gasteiger partial charge in [-0.2, -0.15) is 0 Å². The third-order valence-corrected chi connectivity index (χ3v) is 2.88. The summed E-state index contributed by atoms with van der Waals surface area (Å²) in [5, 5.41) is 0. The van der Waals surface area contributed by atoms with E-state index in [1.165, 1.54) is 18.9 Å². The van der Waals surface area contributed by atoms with Crippen LogP contribution in [0.5, 0.6) is 0 Å². The van der Waals surface area contributed by atoms with Gasteiger partial charge in [0.05, 0.1) is 12.7 Å². The highest BCUT2D eigenvalue weighted by molar-refractivity contribution is 5.90. The Morgan fingerprint density at radius 2 is 1.89 bits per heavy atom. The minimum Gasteiger partial charge on any atom is -0.465 e. The Bertz CT molecular complexity index is 535. The lowest BCUT2D eigenvalue weighted by Gasteiger charge is -2.05. The van der Waals surface area contributed by atoms with Crippen molar-refractivity contribution in [3.05, 3.63) is 47.7 Å². The first-order valence-electron chi connectivity index (χ1n) is 5.89. The molecule has 2 aromatic rings. The van der Waals surface area contributed by atoms with E-state index in [0.717, 1.165) is 5.56 Å². The molecular formula is C15H16O3. The summed E-state index contributed by atoms with van der Waals surface area (Å²) >= 11 is 0. The Morgan fingerprint density at radius 1 is 1.22 bits per heavy atom. The number of esters is 1. The van der Waals surface area contributed by atoms with Crippen LogP contribution in [-0.4, -0.2) is 13.1 Å². The van der Waals surface area contributed by atoms with Crippen LogP contribution in [0.3, 0.4) is 0 Å². The van der Waals surface area contributed by atoms with Crippen LogP contribution in [0.2, 0.25) is 0 Å². The number of carbonyl (C=O) groups excluding carboxylic acids is 1. The van der Waals surface area contributed by atoms with Crippen LogP contribution in [0.1, 0.15) is 35.7 Å². The van der Waals surface area contributed by atoms with Crippen LogP contribution >= 0.6 is 0 Å². The molecule has 0 saturated carbocycles. The second kappa shape index (κ2) is 5.08. The van der Waals surface area contributed by atoms with E-state index in [4.69, 9.17) is 4.42 Å². The van der Waals surface area contributed by atoms with Crippen molar-refractivity contribution in [3.63, 3.8) is 0 Å². The minimum atomic E-state index is -0.385. The molecule has 0 aliphatic carbocycles. The summed E-state index contributed by atoms with van der Waals surface area (Å²) in [5.41, 5.74) is 2.66. The summed E-state index contributed by atoms with van der Waals surface area (Å²) in [6.45, 7) is 4.30. The van der Waals surface area contributed by atoms with Crippen LogP contribution in [0, 0.1) is 0 Å². The number of benzene rings is 1. The summed E-state index contributed by atoms with van der Waals surface area (Å²) in [6, 6.07) is 9.82. The zero-order valence-electron chi connectivity index (χ0n) is 10.8. The topological polar surface area (TPSA) is 39.4 Å².